The second-order valence-corrected chi connectivity index (χ2v) is 6.56. The molecule has 2 amide bonds. The van der Waals surface area contributed by atoms with E-state index in [-0.39, 0.29) is 12.5 Å². The number of allylic oxidation sites excluding steroid dienone is 1. The average molecular weight is 397 g/mol. The number of nitrogens with zero attached hydrogens (tertiary/aromatic N) is 1. The maximum Gasteiger partial charge on any atom is 0.259 e. The zero-order chi connectivity index (χ0) is 21.0. The van der Waals surface area contributed by atoms with Crippen molar-refractivity contribution in [1.82, 2.24) is 10.7 Å². The molecule has 30 heavy (non-hydrogen) atoms. The number of hydrogen-bond acceptors (Lipinski definition) is 3. The van der Waals surface area contributed by atoms with Crippen molar-refractivity contribution < 1.29 is 9.59 Å². The highest BCUT2D eigenvalue weighted by atomic mass is 16.2. The number of rotatable bonds is 8. The average Bonchev–Trinajstić information content (AvgIpc) is 2.80. The van der Waals surface area contributed by atoms with E-state index in [9.17, 15) is 9.59 Å². The standard InChI is InChI=1S/C25H23N3O2/c29-23(28-27-18-10-13-20-11-4-1-5-12-20)19-26-25(30)24(21-14-6-2-7-15-21)22-16-8-3-9-17-22/h1-18,24H,19H2,(H,26,30)(H,28,29)/b13-10+,27-18+. The molecule has 5 heteroatoms. The molecule has 0 aliphatic carbocycles. The number of nitrogens with one attached hydrogen (secondary N) is 2. The molecule has 0 radical (unpaired) electrons. The Kier molecular flexibility index (Phi) is 7.69. The minimum Gasteiger partial charge on any atom is -0.346 e. The lowest BCUT2D eigenvalue weighted by Crippen LogP contribution is -2.37. The van der Waals surface area contributed by atoms with Crippen LogP contribution in [0, 0.1) is 0 Å². The van der Waals surface area contributed by atoms with Gasteiger partial charge in [0.15, 0.2) is 0 Å². The number of carbonyl (C=O) groups excluding carboxylic acids is 2. The maximum absolute atomic E-state index is 12.8. The summed E-state index contributed by atoms with van der Waals surface area (Å²) in [6.07, 6.45) is 5.10. The topological polar surface area (TPSA) is 70.6 Å². The first-order valence-electron chi connectivity index (χ1n) is 9.65. The van der Waals surface area contributed by atoms with Crippen molar-refractivity contribution in [1.29, 1.82) is 0 Å². The summed E-state index contributed by atoms with van der Waals surface area (Å²) in [5, 5.41) is 6.57. The van der Waals surface area contributed by atoms with E-state index in [2.05, 4.69) is 15.8 Å². The third-order valence-corrected chi connectivity index (χ3v) is 4.39. The molecular weight excluding hydrogens is 374 g/mol. The summed E-state index contributed by atoms with van der Waals surface area (Å²) >= 11 is 0. The van der Waals surface area contributed by atoms with Crippen molar-refractivity contribution in [2.24, 2.45) is 5.10 Å². The first kappa shape index (κ1) is 20.7. The van der Waals surface area contributed by atoms with Gasteiger partial charge in [-0.25, -0.2) is 5.43 Å². The van der Waals surface area contributed by atoms with Crippen LogP contribution in [0.5, 0.6) is 0 Å². The van der Waals surface area contributed by atoms with Crippen LogP contribution < -0.4 is 10.7 Å². The summed E-state index contributed by atoms with van der Waals surface area (Å²) in [5.41, 5.74) is 5.18. The lowest BCUT2D eigenvalue weighted by molar-refractivity contribution is -0.126. The van der Waals surface area contributed by atoms with Crippen molar-refractivity contribution in [3.63, 3.8) is 0 Å². The minimum atomic E-state index is -0.488. The van der Waals surface area contributed by atoms with Gasteiger partial charge in [0.05, 0.1) is 12.5 Å². The van der Waals surface area contributed by atoms with Gasteiger partial charge in [-0.3, -0.25) is 9.59 Å². The second kappa shape index (κ2) is 11.1. The Balaban J connectivity index is 1.54. The Hall–Kier alpha value is -3.99. The van der Waals surface area contributed by atoms with Crippen LogP contribution in [0.2, 0.25) is 0 Å². The summed E-state index contributed by atoms with van der Waals surface area (Å²) in [5.74, 6) is -1.12. The van der Waals surface area contributed by atoms with Gasteiger partial charge in [-0.15, -0.1) is 0 Å². The smallest absolute Gasteiger partial charge is 0.259 e. The molecule has 0 fully saturated rings. The van der Waals surface area contributed by atoms with Gasteiger partial charge in [-0.2, -0.15) is 5.10 Å². The summed E-state index contributed by atoms with van der Waals surface area (Å²) in [6.45, 7) is -0.158. The molecular formula is C25H23N3O2. The molecule has 3 aromatic rings. The summed E-state index contributed by atoms with van der Waals surface area (Å²) in [4.78, 5) is 24.9. The van der Waals surface area contributed by atoms with E-state index in [1.54, 1.807) is 6.08 Å². The van der Waals surface area contributed by atoms with Crippen molar-refractivity contribution in [3.8, 4) is 0 Å². The Morgan fingerprint density at radius 2 is 1.33 bits per heavy atom. The van der Waals surface area contributed by atoms with Crippen LogP contribution in [0.15, 0.2) is 102 Å². The molecule has 3 aromatic carbocycles. The Morgan fingerprint density at radius 1 is 0.800 bits per heavy atom. The highest BCUT2D eigenvalue weighted by Gasteiger charge is 2.22. The Labute approximate surface area is 176 Å². The van der Waals surface area contributed by atoms with Gasteiger partial charge in [0.2, 0.25) is 5.91 Å². The van der Waals surface area contributed by atoms with E-state index in [1.165, 1.54) is 6.21 Å². The molecule has 0 spiro atoms. The normalized spacial score (nSPS) is 11.1. The largest absolute Gasteiger partial charge is 0.346 e. The van der Waals surface area contributed by atoms with Crippen molar-refractivity contribution in [3.05, 3.63) is 114 Å². The van der Waals surface area contributed by atoms with Gasteiger partial charge < -0.3 is 5.32 Å². The fraction of sp³-hybridized carbons (Fsp3) is 0.0800. The predicted molar refractivity (Wildman–Crippen MR) is 120 cm³/mol. The summed E-state index contributed by atoms with van der Waals surface area (Å²) in [6, 6.07) is 28.8. The number of amides is 2. The van der Waals surface area contributed by atoms with Gasteiger partial charge in [0.25, 0.3) is 5.91 Å². The number of carbonyl (C=O) groups is 2. The quantitative estimate of drug-likeness (QED) is 0.449. The molecule has 150 valence electrons. The van der Waals surface area contributed by atoms with Crippen LogP contribution in [-0.4, -0.2) is 24.6 Å². The van der Waals surface area contributed by atoms with Crippen LogP contribution in [-0.2, 0) is 9.59 Å². The van der Waals surface area contributed by atoms with Crippen LogP contribution in [0.1, 0.15) is 22.6 Å². The van der Waals surface area contributed by atoms with Crippen molar-refractivity contribution in [2.75, 3.05) is 6.54 Å². The summed E-state index contributed by atoms with van der Waals surface area (Å²) in [7, 11) is 0. The molecule has 0 atom stereocenters. The lowest BCUT2D eigenvalue weighted by atomic mass is 9.90. The van der Waals surface area contributed by atoms with Gasteiger partial charge >= 0.3 is 0 Å². The van der Waals surface area contributed by atoms with E-state index in [0.717, 1.165) is 16.7 Å². The number of benzene rings is 3. The Bertz CT molecular complexity index is 961. The summed E-state index contributed by atoms with van der Waals surface area (Å²) < 4.78 is 0. The van der Waals surface area contributed by atoms with E-state index in [0.29, 0.717) is 0 Å². The molecule has 0 aliphatic rings. The zero-order valence-electron chi connectivity index (χ0n) is 16.4. The first-order chi connectivity index (χ1) is 14.7. The van der Waals surface area contributed by atoms with Gasteiger partial charge in [-0.05, 0) is 22.8 Å². The molecule has 0 unspecified atom stereocenters. The fourth-order valence-corrected chi connectivity index (χ4v) is 2.97. The van der Waals surface area contributed by atoms with Crippen LogP contribution in [0.4, 0.5) is 0 Å². The molecule has 0 saturated carbocycles. The SMILES string of the molecule is O=C(CNC(=O)C(c1ccccc1)c1ccccc1)N/N=C/C=C/c1ccccc1. The minimum absolute atomic E-state index is 0.158. The monoisotopic (exact) mass is 397 g/mol. The third-order valence-electron chi connectivity index (χ3n) is 4.39. The third kappa shape index (κ3) is 6.27. The van der Waals surface area contributed by atoms with Gasteiger partial charge in [0.1, 0.15) is 0 Å². The molecule has 3 rings (SSSR count). The second-order valence-electron chi connectivity index (χ2n) is 6.56. The molecule has 0 bridgehead atoms. The van der Waals surface area contributed by atoms with E-state index < -0.39 is 11.8 Å². The highest BCUT2D eigenvalue weighted by molar-refractivity contribution is 5.91. The Morgan fingerprint density at radius 3 is 1.90 bits per heavy atom. The fourth-order valence-electron chi connectivity index (χ4n) is 2.97. The number of hydrogen-bond donors (Lipinski definition) is 2. The molecule has 5 nitrogen and oxygen atoms in total. The van der Waals surface area contributed by atoms with Crippen molar-refractivity contribution in [2.45, 2.75) is 5.92 Å². The molecule has 0 heterocycles. The first-order valence-corrected chi connectivity index (χ1v) is 9.65. The molecule has 0 aliphatic heterocycles. The highest BCUT2D eigenvalue weighted by Crippen LogP contribution is 2.24. The molecule has 2 N–H and O–H groups in total. The van der Waals surface area contributed by atoms with Crippen LogP contribution >= 0.6 is 0 Å². The van der Waals surface area contributed by atoms with Crippen LogP contribution in [0.3, 0.4) is 0 Å². The molecule has 0 aromatic heterocycles. The predicted octanol–water partition coefficient (Wildman–Crippen LogP) is 3.75. The maximum atomic E-state index is 12.8. The van der Waals surface area contributed by atoms with Crippen LogP contribution in [0.25, 0.3) is 6.08 Å². The van der Waals surface area contributed by atoms with Gasteiger partial charge in [0, 0.05) is 6.21 Å². The number of hydrazone groups is 1. The van der Waals surface area contributed by atoms with Crippen molar-refractivity contribution >= 4 is 24.1 Å². The van der Waals surface area contributed by atoms with E-state index >= 15 is 0 Å². The zero-order valence-corrected chi connectivity index (χ0v) is 16.4. The van der Waals surface area contributed by atoms with E-state index in [1.807, 2.05) is 97.1 Å². The molecule has 0 saturated heterocycles. The van der Waals surface area contributed by atoms with E-state index in [4.69, 9.17) is 0 Å². The van der Waals surface area contributed by atoms with Gasteiger partial charge in [-0.1, -0.05) is 97.1 Å². The lowest BCUT2D eigenvalue weighted by Gasteiger charge is -2.17.